The molecule has 0 atom stereocenters. The lowest BCUT2D eigenvalue weighted by Gasteiger charge is -2.29. The largest absolute Gasteiger partial charge is 0.310 e. The number of nitrogens with zero attached hydrogens (tertiary/aromatic N) is 1. The minimum Gasteiger partial charge on any atom is -0.310 e. The van der Waals surface area contributed by atoms with E-state index in [9.17, 15) is 0 Å². The fourth-order valence-corrected chi connectivity index (χ4v) is 10.2. The van der Waals surface area contributed by atoms with Gasteiger partial charge in [-0.25, -0.2) is 0 Å². The summed E-state index contributed by atoms with van der Waals surface area (Å²) in [6.45, 7) is 9.57. The fraction of sp³-hybridized carbons (Fsp3) is 0.103. The molecule has 0 aliphatic heterocycles. The molecule has 1 heteroatoms. The van der Waals surface area contributed by atoms with Gasteiger partial charge in [0.15, 0.2) is 0 Å². The predicted molar refractivity (Wildman–Crippen MR) is 250 cm³/mol. The van der Waals surface area contributed by atoms with Gasteiger partial charge < -0.3 is 4.90 Å². The summed E-state index contributed by atoms with van der Waals surface area (Å²) < 4.78 is 0. The maximum atomic E-state index is 2.49. The van der Waals surface area contributed by atoms with Crippen LogP contribution in [0.4, 0.5) is 17.1 Å². The SMILES string of the molecule is CC1(C)c2ccccc2-c2ccc(-c3cc4c(c5ccccc35)C(C)(C)c3cc(N(c5ccc(-c6ccccc6)cc5)c5ccc(-c6ccccc6)cc5)ccc3-4)cc21. The van der Waals surface area contributed by atoms with Crippen LogP contribution in [0.2, 0.25) is 0 Å². The number of anilines is 3. The summed E-state index contributed by atoms with van der Waals surface area (Å²) in [5.74, 6) is 0. The Labute approximate surface area is 347 Å². The quantitative estimate of drug-likeness (QED) is 0.163. The third-order valence-corrected chi connectivity index (χ3v) is 13.3. The highest BCUT2D eigenvalue weighted by atomic mass is 15.1. The molecule has 0 unspecified atom stereocenters. The van der Waals surface area contributed by atoms with Crippen LogP contribution in [-0.2, 0) is 10.8 Å². The Morgan fingerprint density at radius 3 is 1.39 bits per heavy atom. The van der Waals surface area contributed by atoms with E-state index in [2.05, 4.69) is 233 Å². The molecule has 0 saturated carbocycles. The normalized spacial score (nSPS) is 14.0. The highest BCUT2D eigenvalue weighted by Crippen LogP contribution is 2.56. The van der Waals surface area contributed by atoms with Crippen LogP contribution >= 0.6 is 0 Å². The van der Waals surface area contributed by atoms with E-state index in [4.69, 9.17) is 0 Å². The molecule has 0 radical (unpaired) electrons. The molecule has 0 heterocycles. The van der Waals surface area contributed by atoms with E-state index < -0.39 is 0 Å². The van der Waals surface area contributed by atoms with Gasteiger partial charge in [-0.3, -0.25) is 0 Å². The van der Waals surface area contributed by atoms with Gasteiger partial charge in [-0.15, -0.1) is 0 Å². The molecule has 1 nitrogen and oxygen atoms in total. The molecule has 0 aromatic heterocycles. The minimum absolute atomic E-state index is 0.0604. The van der Waals surface area contributed by atoms with Crippen molar-refractivity contribution in [2.75, 3.05) is 4.90 Å². The Bertz CT molecular complexity index is 2980. The lowest BCUT2D eigenvalue weighted by molar-refractivity contribution is 0.660. The predicted octanol–water partition coefficient (Wildman–Crippen LogP) is 15.9. The van der Waals surface area contributed by atoms with E-state index >= 15 is 0 Å². The molecule has 2 aliphatic rings. The highest BCUT2D eigenvalue weighted by molar-refractivity contribution is 6.06. The molecule has 0 amide bonds. The van der Waals surface area contributed by atoms with Gasteiger partial charge in [-0.05, 0) is 137 Å². The van der Waals surface area contributed by atoms with E-state index in [1.807, 2.05) is 0 Å². The average Bonchev–Trinajstić information content (AvgIpc) is 3.66. The molecule has 9 aromatic rings. The van der Waals surface area contributed by atoms with E-state index in [-0.39, 0.29) is 10.8 Å². The first-order chi connectivity index (χ1) is 28.8. The maximum absolute atomic E-state index is 2.49. The van der Waals surface area contributed by atoms with E-state index in [1.54, 1.807) is 0 Å². The number of hydrogen-bond acceptors (Lipinski definition) is 1. The first-order valence-electron chi connectivity index (χ1n) is 20.8. The third kappa shape index (κ3) is 5.53. The third-order valence-electron chi connectivity index (χ3n) is 13.3. The molecule has 0 fully saturated rings. The summed E-state index contributed by atoms with van der Waals surface area (Å²) in [5, 5.41) is 2.63. The van der Waals surface area contributed by atoms with Gasteiger partial charge in [0, 0.05) is 27.9 Å². The zero-order valence-corrected chi connectivity index (χ0v) is 34.0. The fourth-order valence-electron chi connectivity index (χ4n) is 10.2. The van der Waals surface area contributed by atoms with Crippen molar-refractivity contribution < 1.29 is 0 Å². The molecule has 9 aromatic carbocycles. The van der Waals surface area contributed by atoms with Crippen molar-refractivity contribution in [1.29, 1.82) is 0 Å². The number of hydrogen-bond donors (Lipinski definition) is 0. The van der Waals surface area contributed by atoms with Gasteiger partial charge >= 0.3 is 0 Å². The molecule has 0 saturated heterocycles. The molecule has 0 spiro atoms. The summed E-state index contributed by atoms with van der Waals surface area (Å²) in [7, 11) is 0. The van der Waals surface area contributed by atoms with Crippen LogP contribution in [0.15, 0.2) is 200 Å². The van der Waals surface area contributed by atoms with Gasteiger partial charge in [0.2, 0.25) is 0 Å². The smallest absolute Gasteiger partial charge is 0.0465 e. The molecule has 0 bridgehead atoms. The van der Waals surface area contributed by atoms with Crippen molar-refractivity contribution in [3.05, 3.63) is 222 Å². The molecule has 0 N–H and O–H groups in total. The van der Waals surface area contributed by atoms with Gasteiger partial charge in [-0.1, -0.05) is 179 Å². The maximum Gasteiger partial charge on any atom is 0.0465 e. The molecule has 59 heavy (non-hydrogen) atoms. The Balaban J connectivity index is 1.05. The van der Waals surface area contributed by atoms with E-state index in [0.29, 0.717) is 0 Å². The first-order valence-corrected chi connectivity index (χ1v) is 20.8. The zero-order valence-electron chi connectivity index (χ0n) is 34.0. The van der Waals surface area contributed by atoms with Crippen molar-refractivity contribution in [3.63, 3.8) is 0 Å². The molecular weight excluding hydrogens is 711 g/mol. The Morgan fingerprint density at radius 1 is 0.288 bits per heavy atom. The van der Waals surface area contributed by atoms with Crippen LogP contribution < -0.4 is 4.90 Å². The van der Waals surface area contributed by atoms with Gasteiger partial charge in [-0.2, -0.15) is 0 Å². The van der Waals surface area contributed by atoms with Crippen molar-refractivity contribution in [1.82, 2.24) is 0 Å². The molecule has 2 aliphatic carbocycles. The summed E-state index contributed by atoms with van der Waals surface area (Å²) >= 11 is 0. The van der Waals surface area contributed by atoms with Crippen LogP contribution in [0.3, 0.4) is 0 Å². The lowest BCUT2D eigenvalue weighted by Crippen LogP contribution is -2.17. The summed E-state index contributed by atoms with van der Waals surface area (Å²) in [4.78, 5) is 2.41. The second kappa shape index (κ2) is 13.3. The first kappa shape index (κ1) is 35.2. The topological polar surface area (TPSA) is 3.24 Å². The van der Waals surface area contributed by atoms with Crippen LogP contribution in [0, 0.1) is 0 Å². The van der Waals surface area contributed by atoms with Crippen molar-refractivity contribution in [2.24, 2.45) is 0 Å². The number of rotatable bonds is 6. The highest BCUT2D eigenvalue weighted by Gasteiger charge is 2.39. The summed E-state index contributed by atoms with van der Waals surface area (Å²) in [6, 6.07) is 74.1. The Morgan fingerprint density at radius 2 is 0.746 bits per heavy atom. The van der Waals surface area contributed by atoms with Gasteiger partial charge in [0.1, 0.15) is 0 Å². The van der Waals surface area contributed by atoms with Crippen LogP contribution in [0.1, 0.15) is 49.9 Å². The molecule has 11 rings (SSSR count). The van der Waals surface area contributed by atoms with E-state index in [0.717, 1.165) is 17.1 Å². The van der Waals surface area contributed by atoms with E-state index in [1.165, 1.54) is 88.7 Å². The number of fused-ring (bicyclic) bond motifs is 8. The van der Waals surface area contributed by atoms with Crippen LogP contribution in [-0.4, -0.2) is 0 Å². The molecule has 282 valence electrons. The Hall–Kier alpha value is -6.96. The van der Waals surface area contributed by atoms with Crippen molar-refractivity contribution in [2.45, 2.75) is 38.5 Å². The average molecular weight is 756 g/mol. The van der Waals surface area contributed by atoms with Gasteiger partial charge in [0.05, 0.1) is 0 Å². The summed E-state index contributed by atoms with van der Waals surface area (Å²) in [6.07, 6.45) is 0. The van der Waals surface area contributed by atoms with Gasteiger partial charge in [0.25, 0.3) is 0 Å². The van der Waals surface area contributed by atoms with Crippen molar-refractivity contribution in [3.8, 4) is 55.6 Å². The van der Waals surface area contributed by atoms with Crippen molar-refractivity contribution >= 4 is 27.8 Å². The van der Waals surface area contributed by atoms with Crippen LogP contribution in [0.5, 0.6) is 0 Å². The minimum atomic E-state index is -0.222. The second-order valence-corrected chi connectivity index (χ2v) is 17.3. The van der Waals surface area contributed by atoms with Crippen LogP contribution in [0.25, 0.3) is 66.4 Å². The monoisotopic (exact) mass is 755 g/mol. The Kier molecular flexibility index (Phi) is 7.94. The second-order valence-electron chi connectivity index (χ2n) is 17.3. The zero-order chi connectivity index (χ0) is 39.9. The number of benzene rings is 9. The summed E-state index contributed by atoms with van der Waals surface area (Å²) in [5.41, 5.74) is 21.5. The molecular formula is C58H45N. The standard InChI is InChI=1S/C58H45N/c1-57(2)53-22-14-13-20-47(53)48-33-27-42(35-54(48)57)51-37-52-49-34-32-45(36-55(49)58(3,4)56(52)50-21-12-11-19-46(50)51)59(43-28-23-40(24-29-43)38-15-7-5-8-16-38)44-30-25-41(26-31-44)39-17-9-6-10-18-39/h5-37H,1-4H3. The lowest BCUT2D eigenvalue weighted by atomic mass is 9.78.